The largest absolute Gasteiger partial charge is 0.478 e. The number of carboxylic acids is 1. The van der Waals surface area contributed by atoms with Crippen molar-refractivity contribution in [2.75, 3.05) is 0 Å². The van der Waals surface area contributed by atoms with Crippen LogP contribution in [0.15, 0.2) is 29.4 Å². The minimum absolute atomic E-state index is 0.359. The molecule has 0 bridgehead atoms. The van der Waals surface area contributed by atoms with Gasteiger partial charge in [0.05, 0.1) is 11.3 Å². The number of aromatic nitrogens is 2. The van der Waals surface area contributed by atoms with Gasteiger partial charge in [0, 0.05) is 18.5 Å². The summed E-state index contributed by atoms with van der Waals surface area (Å²) in [5.74, 6) is -0.282. The third-order valence-electron chi connectivity index (χ3n) is 3.18. The molecule has 0 amide bonds. The second kappa shape index (κ2) is 5.48. The topological polar surface area (TPSA) is 55.1 Å². The first-order chi connectivity index (χ1) is 9.00. The standard InChI is InChI=1S/C14H16N2O2S/c1-9-10(2)16(3)14(15-9)19-8-11-6-4-5-7-12(11)13(17)18/h4-7H,8H2,1-3H3,(H,17,18). The Balaban J connectivity index is 2.19. The first-order valence-electron chi connectivity index (χ1n) is 5.94. The summed E-state index contributed by atoms with van der Waals surface area (Å²) in [4.78, 5) is 15.6. The van der Waals surface area contributed by atoms with E-state index in [4.69, 9.17) is 5.11 Å². The monoisotopic (exact) mass is 276 g/mol. The van der Waals surface area contributed by atoms with Crippen LogP contribution < -0.4 is 0 Å². The molecule has 0 spiro atoms. The molecule has 2 aromatic rings. The van der Waals surface area contributed by atoms with Crippen LogP contribution in [0.1, 0.15) is 27.3 Å². The predicted molar refractivity (Wildman–Crippen MR) is 75.6 cm³/mol. The zero-order chi connectivity index (χ0) is 14.0. The summed E-state index contributed by atoms with van der Waals surface area (Å²) in [6.07, 6.45) is 0. The highest BCUT2D eigenvalue weighted by molar-refractivity contribution is 7.98. The van der Waals surface area contributed by atoms with Crippen molar-refractivity contribution in [2.45, 2.75) is 24.8 Å². The van der Waals surface area contributed by atoms with E-state index in [1.807, 2.05) is 37.6 Å². The van der Waals surface area contributed by atoms with E-state index in [1.165, 1.54) is 0 Å². The van der Waals surface area contributed by atoms with Crippen LogP contribution in [0.3, 0.4) is 0 Å². The molecule has 100 valence electrons. The zero-order valence-electron chi connectivity index (χ0n) is 11.2. The number of hydrogen-bond donors (Lipinski definition) is 1. The molecule has 0 aliphatic heterocycles. The molecular weight excluding hydrogens is 260 g/mol. The minimum atomic E-state index is -0.886. The second-order valence-electron chi connectivity index (χ2n) is 4.38. The SMILES string of the molecule is Cc1nc(SCc2ccccc2C(=O)O)n(C)c1C. The Morgan fingerprint density at radius 2 is 2.05 bits per heavy atom. The van der Waals surface area contributed by atoms with Gasteiger partial charge in [0.15, 0.2) is 5.16 Å². The quantitative estimate of drug-likeness (QED) is 0.872. The molecule has 0 fully saturated rings. The lowest BCUT2D eigenvalue weighted by Crippen LogP contribution is -2.01. The van der Waals surface area contributed by atoms with Crippen LogP contribution >= 0.6 is 11.8 Å². The predicted octanol–water partition coefficient (Wildman–Crippen LogP) is 3.03. The molecule has 1 heterocycles. The average Bonchev–Trinajstić information content (AvgIpc) is 2.64. The van der Waals surface area contributed by atoms with Crippen molar-refractivity contribution in [3.63, 3.8) is 0 Å². The Kier molecular flexibility index (Phi) is 3.95. The van der Waals surface area contributed by atoms with Gasteiger partial charge in [0.25, 0.3) is 0 Å². The molecule has 5 heteroatoms. The molecule has 0 saturated carbocycles. The summed E-state index contributed by atoms with van der Waals surface area (Å²) in [7, 11) is 1.97. The van der Waals surface area contributed by atoms with Gasteiger partial charge in [-0.15, -0.1) is 0 Å². The zero-order valence-corrected chi connectivity index (χ0v) is 12.0. The summed E-state index contributed by atoms with van der Waals surface area (Å²) in [5, 5.41) is 10.0. The van der Waals surface area contributed by atoms with E-state index in [1.54, 1.807) is 23.9 Å². The van der Waals surface area contributed by atoms with Crippen LogP contribution in [-0.4, -0.2) is 20.6 Å². The van der Waals surface area contributed by atoms with Gasteiger partial charge in [-0.05, 0) is 25.5 Å². The maximum absolute atomic E-state index is 11.1. The first-order valence-corrected chi connectivity index (χ1v) is 6.93. The van der Waals surface area contributed by atoms with Crippen LogP contribution in [0.2, 0.25) is 0 Å². The third-order valence-corrected chi connectivity index (χ3v) is 4.26. The smallest absolute Gasteiger partial charge is 0.335 e. The molecule has 0 atom stereocenters. The van der Waals surface area contributed by atoms with Crippen LogP contribution in [0.5, 0.6) is 0 Å². The lowest BCUT2D eigenvalue weighted by atomic mass is 10.1. The van der Waals surface area contributed by atoms with Crippen molar-refractivity contribution in [1.82, 2.24) is 9.55 Å². The van der Waals surface area contributed by atoms with Crippen molar-refractivity contribution < 1.29 is 9.90 Å². The molecule has 0 unspecified atom stereocenters. The normalized spacial score (nSPS) is 10.7. The van der Waals surface area contributed by atoms with Crippen molar-refractivity contribution in [1.29, 1.82) is 0 Å². The lowest BCUT2D eigenvalue weighted by molar-refractivity contribution is 0.0696. The van der Waals surface area contributed by atoms with Gasteiger partial charge in [-0.1, -0.05) is 30.0 Å². The number of aromatic carboxylic acids is 1. The van der Waals surface area contributed by atoms with Crippen LogP contribution in [0.4, 0.5) is 0 Å². The molecule has 19 heavy (non-hydrogen) atoms. The Bertz CT molecular complexity index is 620. The summed E-state index contributed by atoms with van der Waals surface area (Å²) in [6, 6.07) is 7.08. The molecule has 1 aromatic carbocycles. The number of thioether (sulfide) groups is 1. The van der Waals surface area contributed by atoms with Crippen molar-refractivity contribution >= 4 is 17.7 Å². The van der Waals surface area contributed by atoms with E-state index >= 15 is 0 Å². The number of carbonyl (C=O) groups is 1. The number of benzene rings is 1. The van der Waals surface area contributed by atoms with E-state index in [0.29, 0.717) is 11.3 Å². The van der Waals surface area contributed by atoms with Gasteiger partial charge >= 0.3 is 5.97 Å². The molecule has 4 nitrogen and oxygen atoms in total. The lowest BCUT2D eigenvalue weighted by Gasteiger charge is -2.06. The summed E-state index contributed by atoms with van der Waals surface area (Å²) < 4.78 is 2.03. The van der Waals surface area contributed by atoms with Crippen molar-refractivity contribution in [3.8, 4) is 0 Å². The summed E-state index contributed by atoms with van der Waals surface area (Å²) in [5.41, 5.74) is 3.32. The van der Waals surface area contributed by atoms with E-state index in [0.717, 1.165) is 22.1 Å². The fraction of sp³-hybridized carbons (Fsp3) is 0.286. The molecule has 1 aromatic heterocycles. The molecule has 0 aliphatic carbocycles. The maximum atomic E-state index is 11.1. The summed E-state index contributed by atoms with van der Waals surface area (Å²) >= 11 is 1.56. The Morgan fingerprint density at radius 3 is 2.63 bits per heavy atom. The van der Waals surface area contributed by atoms with E-state index in [9.17, 15) is 4.79 Å². The van der Waals surface area contributed by atoms with E-state index in [-0.39, 0.29) is 0 Å². The molecule has 1 N–H and O–H groups in total. The van der Waals surface area contributed by atoms with Crippen molar-refractivity contribution in [3.05, 3.63) is 46.8 Å². The molecular formula is C14H16N2O2S. The van der Waals surface area contributed by atoms with Gasteiger partial charge in [-0.3, -0.25) is 0 Å². The number of hydrogen-bond acceptors (Lipinski definition) is 3. The fourth-order valence-electron chi connectivity index (χ4n) is 1.81. The van der Waals surface area contributed by atoms with E-state index in [2.05, 4.69) is 4.98 Å². The van der Waals surface area contributed by atoms with Gasteiger partial charge < -0.3 is 9.67 Å². The van der Waals surface area contributed by atoms with E-state index < -0.39 is 5.97 Å². The Labute approximate surface area is 116 Å². The highest BCUT2D eigenvalue weighted by Crippen LogP contribution is 2.25. The van der Waals surface area contributed by atoms with Gasteiger partial charge in [0.2, 0.25) is 0 Å². The van der Waals surface area contributed by atoms with Crippen LogP contribution in [-0.2, 0) is 12.8 Å². The second-order valence-corrected chi connectivity index (χ2v) is 5.32. The van der Waals surface area contributed by atoms with Crippen molar-refractivity contribution in [2.24, 2.45) is 7.05 Å². The Hall–Kier alpha value is -1.75. The number of nitrogens with zero attached hydrogens (tertiary/aromatic N) is 2. The molecule has 0 saturated heterocycles. The fourth-order valence-corrected chi connectivity index (χ4v) is 2.88. The number of imidazole rings is 1. The molecule has 0 aliphatic rings. The number of rotatable bonds is 4. The van der Waals surface area contributed by atoms with Gasteiger partial charge in [-0.25, -0.2) is 9.78 Å². The average molecular weight is 276 g/mol. The highest BCUT2D eigenvalue weighted by atomic mass is 32.2. The number of carboxylic acid groups (broad SMARTS) is 1. The number of aryl methyl sites for hydroxylation is 1. The van der Waals surface area contributed by atoms with Gasteiger partial charge in [-0.2, -0.15) is 0 Å². The molecule has 0 radical (unpaired) electrons. The van der Waals surface area contributed by atoms with Crippen LogP contribution in [0.25, 0.3) is 0 Å². The van der Waals surface area contributed by atoms with Crippen LogP contribution in [0, 0.1) is 13.8 Å². The van der Waals surface area contributed by atoms with Gasteiger partial charge in [0.1, 0.15) is 0 Å². The third kappa shape index (κ3) is 2.81. The maximum Gasteiger partial charge on any atom is 0.335 e. The molecule has 2 rings (SSSR count). The summed E-state index contributed by atoms with van der Waals surface area (Å²) in [6.45, 7) is 4.00. The highest BCUT2D eigenvalue weighted by Gasteiger charge is 2.12. The minimum Gasteiger partial charge on any atom is -0.478 e. The Morgan fingerprint density at radius 1 is 1.37 bits per heavy atom. The first kappa shape index (κ1) is 13.7.